The van der Waals surface area contributed by atoms with Gasteiger partial charge in [-0.2, -0.15) is 18.4 Å². The van der Waals surface area contributed by atoms with E-state index in [0.29, 0.717) is 6.42 Å². The van der Waals surface area contributed by atoms with Crippen molar-refractivity contribution >= 4 is 32.0 Å². The molecule has 3 fully saturated rings. The highest BCUT2D eigenvalue weighted by molar-refractivity contribution is 7.28. The van der Waals surface area contributed by atoms with Crippen LogP contribution < -0.4 is 10.2 Å². The number of rotatable bonds is 1. The van der Waals surface area contributed by atoms with Crippen LogP contribution in [0.4, 0.5) is 18.9 Å². The quantitative estimate of drug-likeness (QED) is 0.527. The molecule has 28 heavy (non-hydrogen) atoms. The van der Waals surface area contributed by atoms with Gasteiger partial charge in [-0.1, -0.05) is 6.92 Å². The Labute approximate surface area is 162 Å². The number of anilines is 1. The lowest BCUT2D eigenvalue weighted by Crippen LogP contribution is -2.45. The van der Waals surface area contributed by atoms with Gasteiger partial charge in [0.25, 0.3) is 0 Å². The molecule has 0 spiro atoms. The van der Waals surface area contributed by atoms with Crippen molar-refractivity contribution in [2.75, 3.05) is 4.90 Å². The second kappa shape index (κ2) is 5.55. The van der Waals surface area contributed by atoms with Gasteiger partial charge in [0.05, 0.1) is 45.9 Å². The number of fused-ring (bicyclic) bond motifs is 5. The van der Waals surface area contributed by atoms with E-state index in [9.17, 15) is 22.8 Å². The average molecular weight is 410 g/mol. The van der Waals surface area contributed by atoms with Crippen LogP contribution in [0.3, 0.4) is 0 Å². The van der Waals surface area contributed by atoms with Gasteiger partial charge in [-0.25, -0.2) is 4.90 Å². The number of alkyl halides is 3. The fourth-order valence-corrected chi connectivity index (χ4v) is 5.86. The predicted molar refractivity (Wildman–Crippen MR) is 96.7 cm³/mol. The van der Waals surface area contributed by atoms with Gasteiger partial charge in [0.1, 0.15) is 0 Å². The third kappa shape index (κ3) is 2.20. The van der Waals surface area contributed by atoms with Gasteiger partial charge in [-0.05, 0) is 38.3 Å². The normalized spacial score (nSPS) is 36.8. The Balaban J connectivity index is 1.86. The minimum Gasteiger partial charge on any atom is -0.367 e. The predicted octanol–water partition coefficient (Wildman–Crippen LogP) is 2.77. The fourth-order valence-electron chi connectivity index (χ4n) is 5.32. The van der Waals surface area contributed by atoms with Crippen molar-refractivity contribution in [2.24, 2.45) is 17.8 Å². The summed E-state index contributed by atoms with van der Waals surface area (Å²) in [6.07, 6.45) is -4.19. The number of nitriles is 1. The molecule has 1 aromatic rings. The van der Waals surface area contributed by atoms with E-state index in [2.05, 4.69) is 0 Å². The molecule has 0 aromatic heterocycles. The lowest BCUT2D eigenvalue weighted by atomic mass is 9.64. The molecule has 2 bridgehead atoms. The molecule has 5 unspecified atom stereocenters. The Bertz CT molecular complexity index is 972. The zero-order valence-electron chi connectivity index (χ0n) is 15.4. The first kappa shape index (κ1) is 19.4. The molecule has 6 atom stereocenters. The summed E-state index contributed by atoms with van der Waals surface area (Å²) in [6.45, 7) is 5.53. The lowest BCUT2D eigenvalue weighted by Gasteiger charge is -2.33. The molecule has 3 aliphatic heterocycles. The number of carbonyl (C=O) groups is 2. The number of ether oxygens (including phenoxy) is 1. The minimum atomic E-state index is -4.80. The van der Waals surface area contributed by atoms with E-state index in [1.165, 1.54) is 12.1 Å². The molecule has 5 nitrogen and oxygen atoms in total. The van der Waals surface area contributed by atoms with Crippen LogP contribution in [0, 0.1) is 29.1 Å². The Morgan fingerprint density at radius 3 is 2.43 bits per heavy atom. The first-order valence-electron chi connectivity index (χ1n) is 8.84. The molecule has 1 aromatic carbocycles. The van der Waals surface area contributed by atoms with E-state index in [-0.39, 0.29) is 16.9 Å². The third-order valence-corrected chi connectivity index (χ3v) is 7.18. The number of carbonyl (C=O) groups excluding carboxylic acids is 2. The highest BCUT2D eigenvalue weighted by atomic mass is 31.0. The number of amides is 2. The summed E-state index contributed by atoms with van der Waals surface area (Å²) < 4.78 is 46.7. The van der Waals surface area contributed by atoms with E-state index in [1.807, 2.05) is 16.2 Å². The van der Waals surface area contributed by atoms with Crippen LogP contribution in [0.2, 0.25) is 0 Å². The average Bonchev–Trinajstić information content (AvgIpc) is 3.08. The molecule has 2 amide bonds. The molecule has 3 heterocycles. The Kier molecular flexibility index (Phi) is 3.84. The van der Waals surface area contributed by atoms with Crippen LogP contribution >= 0.6 is 9.24 Å². The van der Waals surface area contributed by atoms with Crippen LogP contribution in [0.25, 0.3) is 0 Å². The van der Waals surface area contributed by atoms with E-state index in [1.54, 1.807) is 13.8 Å². The molecule has 0 radical (unpaired) electrons. The monoisotopic (exact) mass is 410 g/mol. The maximum absolute atomic E-state index is 13.5. The summed E-state index contributed by atoms with van der Waals surface area (Å²) in [7, 11) is 1.94. The molecule has 148 valence electrons. The fraction of sp³-hybridized carbons (Fsp3) is 0.526. The number of hydrogen-bond donors (Lipinski definition) is 0. The maximum atomic E-state index is 13.5. The van der Waals surface area contributed by atoms with Crippen molar-refractivity contribution in [3.63, 3.8) is 0 Å². The van der Waals surface area contributed by atoms with Gasteiger partial charge >= 0.3 is 6.18 Å². The summed E-state index contributed by atoms with van der Waals surface area (Å²) in [4.78, 5) is 27.2. The number of nitrogens with zero attached hydrogens (tertiary/aromatic N) is 2. The molecule has 3 saturated heterocycles. The van der Waals surface area contributed by atoms with Crippen LogP contribution in [0.1, 0.15) is 38.3 Å². The molecular weight excluding hydrogens is 392 g/mol. The molecule has 0 saturated carbocycles. The van der Waals surface area contributed by atoms with Crippen LogP contribution in [0.15, 0.2) is 12.1 Å². The highest BCUT2D eigenvalue weighted by Crippen LogP contribution is 2.63. The second-order valence-corrected chi connectivity index (χ2v) is 8.78. The Morgan fingerprint density at radius 2 is 1.86 bits per heavy atom. The molecular formula is C19H18F3N2O3P. The highest BCUT2D eigenvalue weighted by Gasteiger charge is 2.74. The van der Waals surface area contributed by atoms with Crippen molar-refractivity contribution in [3.8, 4) is 6.07 Å². The van der Waals surface area contributed by atoms with Crippen molar-refractivity contribution in [1.29, 1.82) is 5.26 Å². The van der Waals surface area contributed by atoms with Gasteiger partial charge in [0.15, 0.2) is 0 Å². The van der Waals surface area contributed by atoms with Crippen molar-refractivity contribution in [2.45, 2.75) is 44.6 Å². The third-order valence-electron chi connectivity index (χ3n) is 6.59. The van der Waals surface area contributed by atoms with Crippen molar-refractivity contribution < 1.29 is 27.5 Å². The number of imide groups is 1. The summed E-state index contributed by atoms with van der Waals surface area (Å²) in [5.74, 6) is -2.51. The van der Waals surface area contributed by atoms with Crippen molar-refractivity contribution in [1.82, 2.24) is 0 Å². The number of benzene rings is 1. The van der Waals surface area contributed by atoms with E-state index in [0.717, 1.165) is 11.0 Å². The maximum Gasteiger partial charge on any atom is 0.418 e. The van der Waals surface area contributed by atoms with E-state index in [4.69, 9.17) is 10.00 Å². The number of hydrogen-bond acceptors (Lipinski definition) is 4. The summed E-state index contributed by atoms with van der Waals surface area (Å²) in [5.41, 5.74) is -3.51. The largest absolute Gasteiger partial charge is 0.418 e. The Hall–Kier alpha value is -1.97. The lowest BCUT2D eigenvalue weighted by molar-refractivity contribution is -0.137. The molecule has 3 aliphatic rings. The van der Waals surface area contributed by atoms with Crippen molar-refractivity contribution in [3.05, 3.63) is 23.3 Å². The summed E-state index contributed by atoms with van der Waals surface area (Å²) in [5, 5.41) is 8.66. The van der Waals surface area contributed by atoms with Gasteiger partial charge in [0, 0.05) is 5.30 Å². The van der Waals surface area contributed by atoms with Crippen LogP contribution in [0.5, 0.6) is 0 Å². The van der Waals surface area contributed by atoms with E-state index < -0.39 is 52.2 Å². The SMILES string of the molecule is C[C@H]1CC2(C)OC1(C)C1C(=O)N(c3ccc(C#N)c(C(F)(F)F)c3P)C(=O)C12. The smallest absolute Gasteiger partial charge is 0.367 e. The summed E-state index contributed by atoms with van der Waals surface area (Å²) >= 11 is 0. The first-order valence-corrected chi connectivity index (χ1v) is 9.42. The molecule has 9 heteroatoms. The topological polar surface area (TPSA) is 70.4 Å². The summed E-state index contributed by atoms with van der Waals surface area (Å²) in [6, 6.07) is 3.75. The van der Waals surface area contributed by atoms with Gasteiger partial charge in [-0.3, -0.25) is 9.59 Å². The van der Waals surface area contributed by atoms with Gasteiger partial charge in [-0.15, -0.1) is 9.24 Å². The second-order valence-electron chi connectivity index (χ2n) is 8.20. The zero-order chi connectivity index (χ0) is 20.8. The Morgan fingerprint density at radius 1 is 1.25 bits per heavy atom. The van der Waals surface area contributed by atoms with Gasteiger partial charge < -0.3 is 4.74 Å². The first-order chi connectivity index (χ1) is 12.9. The molecule has 0 N–H and O–H groups in total. The standard InChI is InChI=1S/C19H18F3N2O3P/c1-8-6-17(2)12-13(18(8,3)27-17)16(26)24(15(12)25)10-5-4-9(7-23)11(14(10)28)19(20,21)22/h4-5,8,12-13H,6,28H2,1-3H3/t8-,12?,13?,17?,18?/m0/s1. The minimum absolute atomic E-state index is 0.0395. The molecule has 4 rings (SSSR count). The number of halogens is 3. The zero-order valence-corrected chi connectivity index (χ0v) is 16.6. The van der Waals surface area contributed by atoms with Gasteiger partial charge in [0.2, 0.25) is 11.8 Å². The van der Waals surface area contributed by atoms with Crippen LogP contribution in [-0.2, 0) is 20.5 Å². The van der Waals surface area contributed by atoms with Crippen LogP contribution in [-0.4, -0.2) is 23.0 Å². The molecule has 0 aliphatic carbocycles. The van der Waals surface area contributed by atoms with E-state index >= 15 is 0 Å².